The van der Waals surface area contributed by atoms with E-state index in [1.165, 1.54) is 30.0 Å². The molecule has 126 valence electrons. The number of rotatable bonds is 4. The first-order chi connectivity index (χ1) is 11.4. The van der Waals surface area contributed by atoms with Gasteiger partial charge in [-0.3, -0.25) is 9.78 Å². The normalized spacial score (nSPS) is 18.0. The van der Waals surface area contributed by atoms with Gasteiger partial charge in [-0.1, -0.05) is 18.2 Å². The van der Waals surface area contributed by atoms with Gasteiger partial charge in [-0.15, -0.1) is 24.9 Å². The van der Waals surface area contributed by atoms with Gasteiger partial charge in [-0.25, -0.2) is 0 Å². The molecule has 2 aromatic rings. The van der Waals surface area contributed by atoms with Gasteiger partial charge in [0.1, 0.15) is 11.1 Å². The topological polar surface area (TPSA) is 42.4 Å². The average Bonchev–Trinajstić information content (AvgIpc) is 2.88. The van der Waals surface area contributed by atoms with E-state index in [1.54, 1.807) is 29.3 Å². The number of ether oxygens (including phenoxy) is 1. The third kappa shape index (κ3) is 4.00. The van der Waals surface area contributed by atoms with Crippen LogP contribution in [0.5, 0.6) is 5.75 Å². The Labute approximate surface area is 140 Å². The highest BCUT2D eigenvalue weighted by molar-refractivity contribution is 8.00. The van der Waals surface area contributed by atoms with E-state index in [-0.39, 0.29) is 22.8 Å². The number of hydrogen-bond acceptors (Lipinski definition) is 4. The highest BCUT2D eigenvalue weighted by Gasteiger charge is 2.34. The van der Waals surface area contributed by atoms with Crippen molar-refractivity contribution in [2.45, 2.75) is 18.3 Å². The van der Waals surface area contributed by atoms with E-state index in [9.17, 15) is 18.0 Å². The SMILES string of the molecule is O=C1CSC(c2cccc(OC(F)(F)F)c2)N1Cc1ccccn1. The number of halogens is 3. The minimum absolute atomic E-state index is 0.0715. The van der Waals surface area contributed by atoms with Crippen molar-refractivity contribution in [2.24, 2.45) is 0 Å². The van der Waals surface area contributed by atoms with E-state index < -0.39 is 6.36 Å². The van der Waals surface area contributed by atoms with Gasteiger partial charge in [0.05, 0.1) is 18.0 Å². The standard InChI is InChI=1S/C16H13F3N2O2S/c17-16(18,19)23-13-6-3-4-11(8-13)15-21(14(22)10-24-15)9-12-5-1-2-7-20-12/h1-8,15H,9-10H2. The number of carbonyl (C=O) groups is 1. The lowest BCUT2D eigenvalue weighted by atomic mass is 10.2. The molecule has 1 aromatic heterocycles. The van der Waals surface area contributed by atoms with E-state index in [2.05, 4.69) is 9.72 Å². The largest absolute Gasteiger partial charge is 0.573 e. The Balaban J connectivity index is 1.82. The molecule has 1 atom stereocenters. The highest BCUT2D eigenvalue weighted by atomic mass is 32.2. The van der Waals surface area contributed by atoms with Crippen molar-refractivity contribution in [3.05, 3.63) is 59.9 Å². The summed E-state index contributed by atoms with van der Waals surface area (Å²) < 4.78 is 41.1. The summed E-state index contributed by atoms with van der Waals surface area (Å²) in [6.07, 6.45) is -3.11. The monoisotopic (exact) mass is 354 g/mol. The Hall–Kier alpha value is -2.22. The van der Waals surface area contributed by atoms with Crippen LogP contribution in [0.3, 0.4) is 0 Å². The number of alkyl halides is 3. The smallest absolute Gasteiger partial charge is 0.406 e. The van der Waals surface area contributed by atoms with E-state index in [0.29, 0.717) is 12.1 Å². The number of hydrogen-bond donors (Lipinski definition) is 0. The zero-order chi connectivity index (χ0) is 17.2. The van der Waals surface area contributed by atoms with Gasteiger partial charge in [0.25, 0.3) is 0 Å². The number of amides is 1. The molecule has 24 heavy (non-hydrogen) atoms. The molecule has 1 fully saturated rings. The van der Waals surface area contributed by atoms with Crippen LogP contribution in [-0.2, 0) is 11.3 Å². The van der Waals surface area contributed by atoms with Crippen LogP contribution in [0, 0.1) is 0 Å². The second kappa shape index (κ2) is 6.72. The van der Waals surface area contributed by atoms with Crippen LogP contribution in [0.25, 0.3) is 0 Å². The summed E-state index contributed by atoms with van der Waals surface area (Å²) in [6.45, 7) is 0.307. The lowest BCUT2D eigenvalue weighted by Crippen LogP contribution is -2.28. The minimum Gasteiger partial charge on any atom is -0.406 e. The molecule has 1 aliphatic rings. The Kier molecular flexibility index (Phi) is 4.66. The van der Waals surface area contributed by atoms with Crippen molar-refractivity contribution in [3.8, 4) is 5.75 Å². The molecule has 1 unspecified atom stereocenters. The first-order valence-corrected chi connectivity index (χ1v) is 8.14. The van der Waals surface area contributed by atoms with Crippen LogP contribution < -0.4 is 4.74 Å². The lowest BCUT2D eigenvalue weighted by molar-refractivity contribution is -0.274. The van der Waals surface area contributed by atoms with Gasteiger partial charge in [-0.05, 0) is 29.8 Å². The fourth-order valence-electron chi connectivity index (χ4n) is 2.43. The molecular weight excluding hydrogens is 341 g/mol. The van der Waals surface area contributed by atoms with Gasteiger partial charge in [0, 0.05) is 6.20 Å². The molecule has 2 heterocycles. The maximum Gasteiger partial charge on any atom is 0.573 e. The zero-order valence-electron chi connectivity index (χ0n) is 12.4. The summed E-state index contributed by atoms with van der Waals surface area (Å²) in [6, 6.07) is 11.1. The summed E-state index contributed by atoms with van der Waals surface area (Å²) in [7, 11) is 0. The fraction of sp³-hybridized carbons (Fsp3) is 0.250. The number of aromatic nitrogens is 1. The average molecular weight is 354 g/mol. The molecular formula is C16H13F3N2O2S. The van der Waals surface area contributed by atoms with Gasteiger partial charge >= 0.3 is 6.36 Å². The number of carbonyl (C=O) groups excluding carboxylic acids is 1. The van der Waals surface area contributed by atoms with Crippen molar-refractivity contribution in [1.29, 1.82) is 0 Å². The Bertz CT molecular complexity index is 725. The summed E-state index contributed by atoms with van der Waals surface area (Å²) in [5.41, 5.74) is 1.31. The van der Waals surface area contributed by atoms with Crippen molar-refractivity contribution < 1.29 is 22.7 Å². The Morgan fingerprint density at radius 2 is 2.08 bits per heavy atom. The summed E-state index contributed by atoms with van der Waals surface area (Å²) >= 11 is 1.37. The van der Waals surface area contributed by atoms with Crippen LogP contribution in [0.1, 0.15) is 16.6 Å². The van der Waals surface area contributed by atoms with Crippen LogP contribution in [-0.4, -0.2) is 27.9 Å². The summed E-state index contributed by atoms with van der Waals surface area (Å²) in [5.74, 6) is -0.0856. The molecule has 0 saturated carbocycles. The molecule has 0 aliphatic carbocycles. The molecule has 3 rings (SSSR count). The molecule has 0 N–H and O–H groups in total. The van der Waals surface area contributed by atoms with Gasteiger partial charge in [0.15, 0.2) is 0 Å². The molecule has 0 spiro atoms. The van der Waals surface area contributed by atoms with Crippen LogP contribution in [0.15, 0.2) is 48.7 Å². The summed E-state index contributed by atoms with van der Waals surface area (Å²) in [4.78, 5) is 17.9. The van der Waals surface area contributed by atoms with E-state index in [4.69, 9.17) is 0 Å². The molecule has 1 aliphatic heterocycles. The third-order valence-electron chi connectivity index (χ3n) is 3.40. The fourth-order valence-corrected chi connectivity index (χ4v) is 3.61. The maximum atomic E-state index is 12.4. The molecule has 0 radical (unpaired) electrons. The second-order valence-electron chi connectivity index (χ2n) is 5.13. The van der Waals surface area contributed by atoms with Crippen molar-refractivity contribution in [1.82, 2.24) is 9.88 Å². The second-order valence-corrected chi connectivity index (χ2v) is 6.19. The zero-order valence-corrected chi connectivity index (χ0v) is 13.2. The minimum atomic E-state index is -4.75. The van der Waals surface area contributed by atoms with E-state index in [0.717, 1.165) is 5.69 Å². The van der Waals surface area contributed by atoms with E-state index in [1.807, 2.05) is 6.07 Å². The highest BCUT2D eigenvalue weighted by Crippen LogP contribution is 2.40. The van der Waals surface area contributed by atoms with Gasteiger partial charge < -0.3 is 9.64 Å². The van der Waals surface area contributed by atoms with E-state index >= 15 is 0 Å². The first-order valence-electron chi connectivity index (χ1n) is 7.09. The van der Waals surface area contributed by atoms with Crippen molar-refractivity contribution >= 4 is 17.7 Å². The van der Waals surface area contributed by atoms with Crippen molar-refractivity contribution in [2.75, 3.05) is 5.75 Å². The molecule has 8 heteroatoms. The number of pyridine rings is 1. The number of nitrogens with zero attached hydrogens (tertiary/aromatic N) is 2. The predicted molar refractivity (Wildman–Crippen MR) is 83.1 cm³/mol. The molecule has 1 saturated heterocycles. The van der Waals surface area contributed by atoms with Crippen LogP contribution >= 0.6 is 11.8 Å². The Morgan fingerprint density at radius 1 is 1.25 bits per heavy atom. The number of benzene rings is 1. The quantitative estimate of drug-likeness (QED) is 0.839. The molecule has 1 aromatic carbocycles. The molecule has 4 nitrogen and oxygen atoms in total. The van der Waals surface area contributed by atoms with Crippen molar-refractivity contribution in [3.63, 3.8) is 0 Å². The molecule has 0 bridgehead atoms. The van der Waals surface area contributed by atoms with Crippen LogP contribution in [0.4, 0.5) is 13.2 Å². The maximum absolute atomic E-state index is 12.4. The molecule has 1 amide bonds. The number of thioether (sulfide) groups is 1. The van der Waals surface area contributed by atoms with Gasteiger partial charge in [-0.2, -0.15) is 0 Å². The predicted octanol–water partition coefficient (Wildman–Crippen LogP) is 3.75. The summed E-state index contributed by atoms with van der Waals surface area (Å²) in [5, 5.41) is -0.365. The Morgan fingerprint density at radius 3 is 2.79 bits per heavy atom. The first kappa shape index (κ1) is 16.6. The lowest BCUT2D eigenvalue weighted by Gasteiger charge is -2.24. The third-order valence-corrected chi connectivity index (χ3v) is 4.66. The van der Waals surface area contributed by atoms with Crippen LogP contribution in [0.2, 0.25) is 0 Å². The van der Waals surface area contributed by atoms with Gasteiger partial charge in [0.2, 0.25) is 5.91 Å².